The molecule has 0 aromatic carbocycles. The Morgan fingerprint density at radius 3 is 1.27 bits per heavy atom. The van der Waals surface area contributed by atoms with Gasteiger partial charge < -0.3 is 0 Å². The number of hydrazine groups is 3. The Hall–Kier alpha value is -0.160. The largest absolute Gasteiger partial charge is 0.243 e. The number of hydrogen-bond acceptors (Lipinski definition) is 4. The smallest absolute Gasteiger partial charge is 0.0113 e. The first-order valence-electron chi connectivity index (χ1n) is 9.87. The van der Waals surface area contributed by atoms with Gasteiger partial charge in [0.25, 0.3) is 0 Å². The van der Waals surface area contributed by atoms with Crippen molar-refractivity contribution in [2.45, 2.75) is 104 Å². The Bertz CT molecular complexity index is 137. The monoisotopic (exact) mass is 314 g/mol. The van der Waals surface area contributed by atoms with E-state index in [1.165, 1.54) is 89.9 Å². The summed E-state index contributed by atoms with van der Waals surface area (Å²) in [4.78, 5) is 0. The van der Waals surface area contributed by atoms with Crippen LogP contribution in [0.3, 0.4) is 0 Å². The molecule has 0 atom stereocenters. The van der Waals surface area contributed by atoms with Gasteiger partial charge in [-0.05, 0) is 12.8 Å². The lowest BCUT2D eigenvalue weighted by molar-refractivity contribution is 0.354. The van der Waals surface area contributed by atoms with E-state index < -0.39 is 0 Å². The van der Waals surface area contributed by atoms with E-state index in [2.05, 4.69) is 35.8 Å². The molecule has 0 aliphatic carbocycles. The third kappa shape index (κ3) is 19.8. The molecule has 1 saturated heterocycles. The number of nitrogens with one attached hydrogen (secondary N) is 4. The van der Waals surface area contributed by atoms with Gasteiger partial charge in [0.1, 0.15) is 0 Å². The molecule has 0 bridgehead atoms. The van der Waals surface area contributed by atoms with Crippen LogP contribution in [0.1, 0.15) is 104 Å². The first-order valence-corrected chi connectivity index (χ1v) is 9.87. The summed E-state index contributed by atoms with van der Waals surface area (Å²) in [5.74, 6) is 0. The maximum atomic E-state index is 3.08. The van der Waals surface area contributed by atoms with Crippen molar-refractivity contribution in [3.8, 4) is 0 Å². The van der Waals surface area contributed by atoms with E-state index in [4.69, 9.17) is 0 Å². The highest BCUT2D eigenvalue weighted by Gasteiger charge is 1.93. The van der Waals surface area contributed by atoms with Gasteiger partial charge in [-0.1, -0.05) is 90.9 Å². The van der Waals surface area contributed by atoms with E-state index in [0.717, 1.165) is 13.1 Å². The van der Waals surface area contributed by atoms with Crippen molar-refractivity contribution in [1.29, 1.82) is 0 Å². The molecule has 1 rings (SSSR count). The van der Waals surface area contributed by atoms with E-state index in [1.54, 1.807) is 0 Å². The third-order valence-electron chi connectivity index (χ3n) is 4.05. The Morgan fingerprint density at radius 1 is 0.500 bits per heavy atom. The van der Waals surface area contributed by atoms with Crippen LogP contribution in [-0.2, 0) is 0 Å². The second-order valence-electron chi connectivity index (χ2n) is 6.35. The van der Waals surface area contributed by atoms with Crippen LogP contribution in [0.15, 0.2) is 0 Å². The van der Waals surface area contributed by atoms with Gasteiger partial charge in [-0.25, -0.2) is 10.9 Å². The van der Waals surface area contributed by atoms with Crippen molar-refractivity contribution >= 4 is 0 Å². The quantitative estimate of drug-likeness (QED) is 0.519. The average molecular weight is 315 g/mol. The second kappa shape index (κ2) is 20.8. The molecule has 0 aromatic heterocycles. The minimum Gasteiger partial charge on any atom is -0.243 e. The summed E-state index contributed by atoms with van der Waals surface area (Å²) in [6.07, 6.45) is 19.4. The molecule has 4 heteroatoms. The number of unbranched alkanes of at least 4 members (excludes halogenated alkanes) is 7. The molecular weight excluding hydrogens is 272 g/mol. The normalized spacial score (nSPS) is 17.7. The van der Waals surface area contributed by atoms with Crippen LogP contribution in [0.25, 0.3) is 0 Å². The summed E-state index contributed by atoms with van der Waals surface area (Å²) in [6.45, 7) is 6.61. The van der Waals surface area contributed by atoms with Crippen LogP contribution in [0, 0.1) is 0 Å². The van der Waals surface area contributed by atoms with E-state index in [-0.39, 0.29) is 0 Å². The van der Waals surface area contributed by atoms with E-state index >= 15 is 0 Å². The SMILES string of the molecule is C1CCCCNNNNCCC1.CCCCCCCCCC. The Kier molecular flexibility index (Phi) is 20.7. The maximum Gasteiger partial charge on any atom is 0.0113 e. The predicted octanol–water partition coefficient (Wildman–Crippen LogP) is 4.59. The van der Waals surface area contributed by atoms with E-state index in [1.807, 2.05) is 0 Å². The van der Waals surface area contributed by atoms with Gasteiger partial charge >= 0.3 is 0 Å². The molecule has 1 aliphatic heterocycles. The van der Waals surface area contributed by atoms with Crippen molar-refractivity contribution < 1.29 is 0 Å². The van der Waals surface area contributed by atoms with Crippen LogP contribution in [-0.4, -0.2) is 13.1 Å². The molecule has 4 nitrogen and oxygen atoms in total. The summed E-state index contributed by atoms with van der Waals surface area (Å²) in [5.41, 5.74) is 11.9. The highest BCUT2D eigenvalue weighted by Crippen LogP contribution is 2.07. The fourth-order valence-corrected chi connectivity index (χ4v) is 2.55. The number of rotatable bonds is 7. The van der Waals surface area contributed by atoms with Gasteiger partial charge in [-0.3, -0.25) is 0 Å². The molecule has 22 heavy (non-hydrogen) atoms. The zero-order valence-electron chi connectivity index (χ0n) is 15.3. The molecule has 0 spiro atoms. The fraction of sp³-hybridized carbons (Fsp3) is 1.00. The molecule has 1 heterocycles. The Labute approximate surface area is 139 Å². The average Bonchev–Trinajstić information content (AvgIpc) is 2.52. The Balaban J connectivity index is 0.000000409. The number of hydrogen-bond donors (Lipinski definition) is 4. The summed E-state index contributed by atoms with van der Waals surface area (Å²) in [5, 5.41) is 0. The molecule has 0 saturated carbocycles. The minimum absolute atomic E-state index is 1.04. The molecular formula is C18H42N4. The zero-order valence-corrected chi connectivity index (χ0v) is 15.3. The van der Waals surface area contributed by atoms with E-state index in [9.17, 15) is 0 Å². The summed E-state index contributed by atoms with van der Waals surface area (Å²) in [6, 6.07) is 0. The molecule has 1 fully saturated rings. The molecule has 0 aromatic rings. The topological polar surface area (TPSA) is 48.1 Å². The van der Waals surface area contributed by atoms with Crippen molar-refractivity contribution in [1.82, 2.24) is 21.9 Å². The first-order chi connectivity index (χ1) is 10.9. The van der Waals surface area contributed by atoms with Gasteiger partial charge in [-0.2, -0.15) is 11.1 Å². The minimum atomic E-state index is 1.04. The lowest BCUT2D eigenvalue weighted by Crippen LogP contribution is -2.51. The third-order valence-corrected chi connectivity index (χ3v) is 4.05. The summed E-state index contributed by atoms with van der Waals surface area (Å²) >= 11 is 0. The van der Waals surface area contributed by atoms with Crippen LogP contribution in [0.2, 0.25) is 0 Å². The van der Waals surface area contributed by atoms with Crippen LogP contribution in [0.4, 0.5) is 0 Å². The van der Waals surface area contributed by atoms with Gasteiger partial charge in [0.05, 0.1) is 0 Å². The maximum absolute atomic E-state index is 3.08. The molecule has 1 aliphatic rings. The van der Waals surface area contributed by atoms with Gasteiger partial charge in [0.15, 0.2) is 0 Å². The molecule has 134 valence electrons. The van der Waals surface area contributed by atoms with Crippen molar-refractivity contribution in [2.24, 2.45) is 0 Å². The summed E-state index contributed by atoms with van der Waals surface area (Å²) in [7, 11) is 0. The molecule has 4 N–H and O–H groups in total. The second-order valence-corrected chi connectivity index (χ2v) is 6.35. The highest BCUT2D eigenvalue weighted by molar-refractivity contribution is 4.49. The van der Waals surface area contributed by atoms with E-state index in [0.29, 0.717) is 0 Å². The Morgan fingerprint density at radius 2 is 0.864 bits per heavy atom. The lowest BCUT2D eigenvalue weighted by atomic mass is 10.1. The van der Waals surface area contributed by atoms with Crippen molar-refractivity contribution in [3.05, 3.63) is 0 Å². The molecule has 0 amide bonds. The van der Waals surface area contributed by atoms with Gasteiger partial charge in [-0.15, -0.1) is 0 Å². The molecule has 0 unspecified atom stereocenters. The van der Waals surface area contributed by atoms with Crippen LogP contribution < -0.4 is 21.9 Å². The van der Waals surface area contributed by atoms with Crippen LogP contribution >= 0.6 is 0 Å². The standard InChI is InChI=1S/C10H22.C8H20N4/c1-3-5-7-9-10-8-6-4-2;1-2-4-6-8-10-12-11-9-7-5-3-1/h3-10H2,1-2H3;9-12H,1-8H2. The predicted molar refractivity (Wildman–Crippen MR) is 98.3 cm³/mol. The van der Waals surface area contributed by atoms with Crippen molar-refractivity contribution in [3.63, 3.8) is 0 Å². The van der Waals surface area contributed by atoms with Crippen LogP contribution in [0.5, 0.6) is 0 Å². The fourth-order valence-electron chi connectivity index (χ4n) is 2.55. The van der Waals surface area contributed by atoms with Gasteiger partial charge in [0.2, 0.25) is 0 Å². The van der Waals surface area contributed by atoms with Crippen molar-refractivity contribution in [2.75, 3.05) is 13.1 Å². The van der Waals surface area contributed by atoms with Gasteiger partial charge in [0, 0.05) is 13.1 Å². The first kappa shape index (κ1) is 21.8. The zero-order chi connectivity index (χ0) is 16.1. The highest BCUT2D eigenvalue weighted by atomic mass is 15.7. The summed E-state index contributed by atoms with van der Waals surface area (Å²) < 4.78 is 0. The molecule has 0 radical (unpaired) electrons. The lowest BCUT2D eigenvalue weighted by Gasteiger charge is -2.11.